The molecule has 0 aliphatic carbocycles. The molecule has 3 nitrogen and oxygen atoms in total. The Morgan fingerprint density at radius 3 is 1.03 bits per heavy atom. The fourth-order valence-electron chi connectivity index (χ4n) is 5.36. The molecule has 4 aromatic rings. The Morgan fingerprint density at radius 2 is 0.730 bits per heavy atom. The highest BCUT2D eigenvalue weighted by Crippen LogP contribution is 2.36. The standard InChI is InChI=1S/C34H40N2O/c1-17-19(3)23(7)31(24(8)20(17)4)35-27(11)33-29-15-13-14-16-30(29)34(37-33)28(12)36-32-25(9)21(5)18(2)22(6)26(32)10/h13-16H,1-12H3. The normalized spacial score (nSPS) is 12.6. The zero-order chi connectivity index (χ0) is 27.3. The lowest BCUT2D eigenvalue weighted by Crippen LogP contribution is -1.99. The first-order chi connectivity index (χ1) is 17.4. The summed E-state index contributed by atoms with van der Waals surface area (Å²) >= 11 is 0. The maximum Gasteiger partial charge on any atom is 0.156 e. The molecular formula is C34H40N2O. The summed E-state index contributed by atoms with van der Waals surface area (Å²) in [6.45, 7) is 25.9. The molecule has 0 spiro atoms. The van der Waals surface area contributed by atoms with Crippen molar-refractivity contribution in [3.05, 3.63) is 91.4 Å². The van der Waals surface area contributed by atoms with Gasteiger partial charge < -0.3 is 4.42 Å². The van der Waals surface area contributed by atoms with E-state index >= 15 is 0 Å². The Morgan fingerprint density at radius 1 is 0.459 bits per heavy atom. The van der Waals surface area contributed by atoms with Crippen molar-refractivity contribution in [1.82, 2.24) is 0 Å². The van der Waals surface area contributed by atoms with Crippen molar-refractivity contribution in [1.29, 1.82) is 0 Å². The van der Waals surface area contributed by atoms with Gasteiger partial charge >= 0.3 is 0 Å². The van der Waals surface area contributed by atoms with Gasteiger partial charge in [0, 0.05) is 10.8 Å². The van der Waals surface area contributed by atoms with Crippen LogP contribution in [0.2, 0.25) is 0 Å². The Kier molecular flexibility index (Phi) is 7.03. The summed E-state index contributed by atoms with van der Waals surface area (Å²) in [4.78, 5) is 10.3. The Hall–Kier alpha value is -3.46. The highest BCUT2D eigenvalue weighted by molar-refractivity contribution is 6.15. The summed E-state index contributed by atoms with van der Waals surface area (Å²) in [5.41, 5.74) is 16.6. The van der Waals surface area contributed by atoms with E-state index in [1.807, 2.05) is 13.8 Å². The SMILES string of the molecule is CC(=Nc1c(C)c(C)c(C)c(C)c1C)c1oc(C(C)=Nc2c(C)c(C)c(C)c(C)c2C)c2ccccc12. The molecule has 37 heavy (non-hydrogen) atoms. The number of benzene rings is 3. The smallest absolute Gasteiger partial charge is 0.156 e. The lowest BCUT2D eigenvalue weighted by atomic mass is 9.93. The van der Waals surface area contributed by atoms with E-state index < -0.39 is 0 Å². The van der Waals surface area contributed by atoms with Crippen molar-refractivity contribution in [2.45, 2.75) is 83.1 Å². The van der Waals surface area contributed by atoms with Gasteiger partial charge in [0.25, 0.3) is 0 Å². The van der Waals surface area contributed by atoms with Crippen LogP contribution in [0.5, 0.6) is 0 Å². The van der Waals surface area contributed by atoms with Gasteiger partial charge in [-0.1, -0.05) is 24.3 Å². The molecule has 1 aromatic heterocycles. The van der Waals surface area contributed by atoms with Crippen molar-refractivity contribution < 1.29 is 4.42 Å². The van der Waals surface area contributed by atoms with E-state index in [1.165, 1.54) is 55.6 Å². The molecule has 1 heterocycles. The number of furan rings is 1. The number of hydrogen-bond acceptors (Lipinski definition) is 3. The fraction of sp³-hybridized carbons (Fsp3) is 0.353. The average Bonchev–Trinajstić information content (AvgIpc) is 3.29. The van der Waals surface area contributed by atoms with Gasteiger partial charge in [-0.2, -0.15) is 0 Å². The highest BCUT2D eigenvalue weighted by atomic mass is 16.3. The molecule has 0 unspecified atom stereocenters. The largest absolute Gasteiger partial charge is 0.452 e. The van der Waals surface area contributed by atoms with Crippen LogP contribution in [0.15, 0.2) is 38.7 Å². The summed E-state index contributed by atoms with van der Waals surface area (Å²) in [5.74, 6) is 1.61. The molecular weight excluding hydrogens is 452 g/mol. The van der Waals surface area contributed by atoms with Crippen molar-refractivity contribution in [2.75, 3.05) is 0 Å². The molecule has 3 heteroatoms. The predicted molar refractivity (Wildman–Crippen MR) is 160 cm³/mol. The van der Waals surface area contributed by atoms with Gasteiger partial charge in [0.05, 0.1) is 22.8 Å². The van der Waals surface area contributed by atoms with Crippen LogP contribution in [-0.2, 0) is 0 Å². The number of fused-ring (bicyclic) bond motifs is 1. The Bertz CT molecular complexity index is 1450. The molecule has 0 aliphatic rings. The maximum absolute atomic E-state index is 6.60. The zero-order valence-electron chi connectivity index (χ0n) is 24.6. The monoisotopic (exact) mass is 492 g/mol. The van der Waals surface area contributed by atoms with Crippen LogP contribution in [-0.4, -0.2) is 11.4 Å². The van der Waals surface area contributed by atoms with Crippen LogP contribution in [0.25, 0.3) is 10.8 Å². The van der Waals surface area contributed by atoms with Crippen LogP contribution >= 0.6 is 0 Å². The third kappa shape index (κ3) is 4.35. The molecule has 0 saturated heterocycles. The minimum absolute atomic E-state index is 0.805. The Balaban J connectivity index is 1.91. The number of aliphatic imine (C=N–C) groups is 2. The van der Waals surface area contributed by atoms with E-state index in [9.17, 15) is 0 Å². The highest BCUT2D eigenvalue weighted by Gasteiger charge is 2.20. The van der Waals surface area contributed by atoms with Crippen molar-refractivity contribution >= 4 is 33.6 Å². The summed E-state index contributed by atoms with van der Waals surface area (Å²) in [6.07, 6.45) is 0. The van der Waals surface area contributed by atoms with E-state index in [-0.39, 0.29) is 0 Å². The first-order valence-electron chi connectivity index (χ1n) is 13.1. The lowest BCUT2D eigenvalue weighted by molar-refractivity contribution is 0.553. The van der Waals surface area contributed by atoms with Crippen LogP contribution < -0.4 is 0 Å². The molecule has 0 aliphatic heterocycles. The molecule has 0 fully saturated rings. The molecule has 3 aromatic carbocycles. The van der Waals surface area contributed by atoms with Gasteiger partial charge in [-0.25, -0.2) is 9.98 Å². The van der Waals surface area contributed by atoms with Crippen LogP contribution in [0.3, 0.4) is 0 Å². The second-order valence-corrected chi connectivity index (χ2v) is 10.6. The van der Waals surface area contributed by atoms with Crippen molar-refractivity contribution in [3.8, 4) is 0 Å². The van der Waals surface area contributed by atoms with Crippen LogP contribution in [0.1, 0.15) is 81.0 Å². The molecule has 192 valence electrons. The third-order valence-corrected chi connectivity index (χ3v) is 8.76. The first-order valence-corrected chi connectivity index (χ1v) is 13.1. The second kappa shape index (κ2) is 9.78. The van der Waals surface area contributed by atoms with Crippen LogP contribution in [0.4, 0.5) is 11.4 Å². The minimum Gasteiger partial charge on any atom is -0.452 e. The third-order valence-electron chi connectivity index (χ3n) is 8.76. The van der Waals surface area contributed by atoms with E-state index in [0.29, 0.717) is 0 Å². The maximum atomic E-state index is 6.60. The number of nitrogens with zero attached hydrogens (tertiary/aromatic N) is 2. The van der Waals surface area contributed by atoms with Crippen LogP contribution in [0, 0.1) is 69.2 Å². The molecule has 0 bridgehead atoms. The van der Waals surface area contributed by atoms with Crippen molar-refractivity contribution in [2.24, 2.45) is 9.98 Å². The molecule has 0 N–H and O–H groups in total. The number of rotatable bonds is 4. The van der Waals surface area contributed by atoms with Crippen molar-refractivity contribution in [3.63, 3.8) is 0 Å². The van der Waals surface area contributed by atoms with Gasteiger partial charge in [-0.05, 0) is 139 Å². The summed E-state index contributed by atoms with van der Waals surface area (Å²) in [7, 11) is 0. The predicted octanol–water partition coefficient (Wildman–Crippen LogP) is 9.80. The summed E-state index contributed by atoms with van der Waals surface area (Å²) in [6, 6.07) is 8.35. The van der Waals surface area contributed by atoms with Gasteiger partial charge in [0.1, 0.15) is 0 Å². The van der Waals surface area contributed by atoms with Gasteiger partial charge in [-0.15, -0.1) is 0 Å². The molecule has 0 saturated carbocycles. The topological polar surface area (TPSA) is 37.9 Å². The molecule has 0 amide bonds. The minimum atomic E-state index is 0.805. The number of hydrogen-bond donors (Lipinski definition) is 0. The van der Waals surface area contributed by atoms with E-state index in [4.69, 9.17) is 14.4 Å². The molecule has 0 atom stereocenters. The summed E-state index contributed by atoms with van der Waals surface area (Å²) < 4.78 is 6.60. The van der Waals surface area contributed by atoms with Gasteiger partial charge in [0.15, 0.2) is 11.5 Å². The van der Waals surface area contributed by atoms with E-state index in [0.717, 1.165) is 45.1 Å². The summed E-state index contributed by atoms with van der Waals surface area (Å²) in [5, 5.41) is 2.13. The zero-order valence-corrected chi connectivity index (χ0v) is 24.6. The first kappa shape index (κ1) is 26.6. The Labute approximate surface area is 222 Å². The van der Waals surface area contributed by atoms with E-state index in [2.05, 4.69) is 93.5 Å². The molecule has 0 radical (unpaired) electrons. The lowest BCUT2D eigenvalue weighted by Gasteiger charge is -2.16. The second-order valence-electron chi connectivity index (χ2n) is 10.6. The van der Waals surface area contributed by atoms with Gasteiger partial charge in [-0.3, -0.25) is 0 Å². The fourth-order valence-corrected chi connectivity index (χ4v) is 5.36. The molecule has 4 rings (SSSR count). The van der Waals surface area contributed by atoms with Gasteiger partial charge in [0.2, 0.25) is 0 Å². The quantitative estimate of drug-likeness (QED) is 0.261. The average molecular weight is 493 g/mol. The van der Waals surface area contributed by atoms with E-state index in [1.54, 1.807) is 0 Å².